The molecule has 2 aromatic carbocycles. The molecule has 1 saturated heterocycles. The number of nitrogens with two attached hydrogens (primary N) is 1. The number of nitrogens with zero attached hydrogens (tertiary/aromatic N) is 3. The second kappa shape index (κ2) is 11.5. The number of amides is 1. The predicted molar refractivity (Wildman–Crippen MR) is 140 cm³/mol. The molecule has 34 heavy (non-hydrogen) atoms. The summed E-state index contributed by atoms with van der Waals surface area (Å²) in [5.41, 5.74) is 10.5. The maximum absolute atomic E-state index is 12.7. The van der Waals surface area contributed by atoms with E-state index in [1.165, 1.54) is 5.69 Å². The molecule has 1 aliphatic rings. The summed E-state index contributed by atoms with van der Waals surface area (Å²) >= 11 is 0. The number of carbonyl (C=O) groups is 1. The average molecular weight is 462 g/mol. The van der Waals surface area contributed by atoms with Crippen molar-refractivity contribution >= 4 is 11.6 Å². The molecule has 3 N–H and O–H groups in total. The van der Waals surface area contributed by atoms with Gasteiger partial charge in [0.2, 0.25) is 5.91 Å². The summed E-state index contributed by atoms with van der Waals surface area (Å²) in [5, 5.41) is 11.6. The Hall–Kier alpha value is -2.88. The fourth-order valence-corrected chi connectivity index (χ4v) is 4.66. The molecule has 2 aromatic rings. The zero-order valence-electron chi connectivity index (χ0n) is 21.1. The molecular formula is C28H39N5O. The summed E-state index contributed by atoms with van der Waals surface area (Å²) in [4.78, 5) is 17.6. The highest BCUT2D eigenvalue weighted by molar-refractivity contribution is 5.84. The number of benzene rings is 2. The van der Waals surface area contributed by atoms with E-state index < -0.39 is 0 Å². The van der Waals surface area contributed by atoms with E-state index in [-0.39, 0.29) is 23.9 Å². The lowest BCUT2D eigenvalue weighted by atomic mass is 9.88. The van der Waals surface area contributed by atoms with Crippen LogP contribution in [-0.4, -0.2) is 55.6 Å². The van der Waals surface area contributed by atoms with Crippen molar-refractivity contribution in [2.24, 2.45) is 11.7 Å². The lowest BCUT2D eigenvalue weighted by molar-refractivity contribution is -0.122. The number of piperazine rings is 1. The number of hydrogen-bond donors (Lipinski definition) is 2. The Morgan fingerprint density at radius 3 is 2.35 bits per heavy atom. The van der Waals surface area contributed by atoms with Crippen molar-refractivity contribution in [1.29, 1.82) is 5.26 Å². The van der Waals surface area contributed by atoms with Crippen LogP contribution in [0.5, 0.6) is 0 Å². The zero-order chi connectivity index (χ0) is 24.7. The van der Waals surface area contributed by atoms with Gasteiger partial charge < -0.3 is 16.0 Å². The number of hydrogen-bond acceptors (Lipinski definition) is 5. The van der Waals surface area contributed by atoms with Crippen molar-refractivity contribution < 1.29 is 4.79 Å². The van der Waals surface area contributed by atoms with Gasteiger partial charge in [-0.05, 0) is 55.0 Å². The first-order valence-corrected chi connectivity index (χ1v) is 12.3. The van der Waals surface area contributed by atoms with Gasteiger partial charge in [-0.2, -0.15) is 5.26 Å². The third kappa shape index (κ3) is 7.31. The molecule has 0 radical (unpaired) electrons. The quantitative estimate of drug-likeness (QED) is 0.552. The Kier molecular flexibility index (Phi) is 8.71. The summed E-state index contributed by atoms with van der Waals surface area (Å²) in [7, 11) is 0. The molecule has 1 atom stereocenters. The summed E-state index contributed by atoms with van der Waals surface area (Å²) < 4.78 is 0. The van der Waals surface area contributed by atoms with E-state index in [4.69, 9.17) is 11.0 Å². The van der Waals surface area contributed by atoms with Crippen molar-refractivity contribution in [3.63, 3.8) is 0 Å². The second-order valence-corrected chi connectivity index (χ2v) is 10.5. The normalized spacial score (nSPS) is 15.7. The minimum absolute atomic E-state index is 0.0345. The van der Waals surface area contributed by atoms with E-state index in [1.54, 1.807) is 0 Å². The minimum atomic E-state index is -0.262. The summed E-state index contributed by atoms with van der Waals surface area (Å²) in [5.74, 6) is 0.0273. The lowest BCUT2D eigenvalue weighted by Gasteiger charge is -2.38. The SMILES string of the molecule is CC(C)CC(C(=O)NCC#N)c1cccc(-c2ccc(N3CCN(CC(C)(C)N)CC3)cc2)c1. The highest BCUT2D eigenvalue weighted by Crippen LogP contribution is 2.30. The molecule has 6 nitrogen and oxygen atoms in total. The monoisotopic (exact) mass is 461 g/mol. The van der Waals surface area contributed by atoms with Gasteiger partial charge >= 0.3 is 0 Å². The Balaban J connectivity index is 1.71. The van der Waals surface area contributed by atoms with Gasteiger partial charge in [-0.15, -0.1) is 0 Å². The van der Waals surface area contributed by atoms with Crippen LogP contribution in [-0.2, 0) is 4.79 Å². The van der Waals surface area contributed by atoms with Crippen LogP contribution in [0.3, 0.4) is 0 Å². The first kappa shape index (κ1) is 25.7. The van der Waals surface area contributed by atoms with Gasteiger partial charge in [0.1, 0.15) is 6.54 Å². The van der Waals surface area contributed by atoms with E-state index >= 15 is 0 Å². The van der Waals surface area contributed by atoms with Crippen molar-refractivity contribution in [3.05, 3.63) is 54.1 Å². The van der Waals surface area contributed by atoms with Crippen LogP contribution in [0.2, 0.25) is 0 Å². The van der Waals surface area contributed by atoms with Gasteiger partial charge in [0.15, 0.2) is 0 Å². The van der Waals surface area contributed by atoms with E-state index in [9.17, 15) is 4.79 Å². The smallest absolute Gasteiger partial charge is 0.228 e. The van der Waals surface area contributed by atoms with Gasteiger partial charge in [-0.1, -0.05) is 50.2 Å². The standard InChI is InChI=1S/C28H39N5O/c1-21(2)18-26(27(34)31-13-12-29)24-7-5-6-23(19-24)22-8-10-25(11-9-22)33-16-14-32(15-17-33)20-28(3,4)30/h5-11,19,21,26H,13-18,20,30H2,1-4H3,(H,31,34). The molecule has 0 spiro atoms. The molecule has 1 unspecified atom stereocenters. The number of rotatable bonds is 9. The Bertz CT molecular complexity index is 979. The summed E-state index contributed by atoms with van der Waals surface area (Å²) in [6, 6.07) is 18.9. The van der Waals surface area contributed by atoms with E-state index in [1.807, 2.05) is 18.2 Å². The molecule has 1 fully saturated rings. The van der Waals surface area contributed by atoms with Crippen LogP contribution in [0.25, 0.3) is 11.1 Å². The van der Waals surface area contributed by atoms with Crippen LogP contribution in [0.1, 0.15) is 45.6 Å². The fourth-order valence-electron chi connectivity index (χ4n) is 4.66. The van der Waals surface area contributed by atoms with E-state index in [0.717, 1.165) is 55.8 Å². The highest BCUT2D eigenvalue weighted by atomic mass is 16.1. The molecule has 0 saturated carbocycles. The molecule has 1 amide bonds. The molecule has 6 heteroatoms. The molecule has 1 aliphatic heterocycles. The van der Waals surface area contributed by atoms with Gasteiger partial charge in [0.05, 0.1) is 12.0 Å². The van der Waals surface area contributed by atoms with E-state index in [2.05, 4.69) is 79.2 Å². The molecule has 0 aliphatic carbocycles. The van der Waals surface area contributed by atoms with Crippen LogP contribution >= 0.6 is 0 Å². The van der Waals surface area contributed by atoms with Crippen molar-refractivity contribution in [2.45, 2.75) is 45.6 Å². The maximum atomic E-state index is 12.7. The number of nitrogens with one attached hydrogen (secondary N) is 1. The Labute approximate surface area is 204 Å². The average Bonchev–Trinajstić information content (AvgIpc) is 2.80. The zero-order valence-corrected chi connectivity index (χ0v) is 21.1. The van der Waals surface area contributed by atoms with E-state index in [0.29, 0.717) is 5.92 Å². The summed E-state index contributed by atoms with van der Waals surface area (Å²) in [6.07, 6.45) is 0.743. The van der Waals surface area contributed by atoms with Crippen LogP contribution < -0.4 is 16.0 Å². The van der Waals surface area contributed by atoms with Gasteiger partial charge in [0, 0.05) is 44.0 Å². The molecule has 0 bridgehead atoms. The largest absolute Gasteiger partial charge is 0.369 e. The van der Waals surface area contributed by atoms with Crippen LogP contribution in [0.15, 0.2) is 48.5 Å². The molecule has 182 valence electrons. The third-order valence-corrected chi connectivity index (χ3v) is 6.22. The Morgan fingerprint density at radius 1 is 1.09 bits per heavy atom. The first-order valence-electron chi connectivity index (χ1n) is 12.3. The number of anilines is 1. The molecule has 3 rings (SSSR count). The highest BCUT2D eigenvalue weighted by Gasteiger charge is 2.23. The Morgan fingerprint density at radius 2 is 1.76 bits per heavy atom. The molecule has 1 heterocycles. The number of nitriles is 1. The fraction of sp³-hybridized carbons (Fsp3) is 0.500. The first-order chi connectivity index (χ1) is 16.2. The maximum Gasteiger partial charge on any atom is 0.228 e. The summed E-state index contributed by atoms with van der Waals surface area (Å²) in [6.45, 7) is 13.4. The third-order valence-electron chi connectivity index (χ3n) is 6.22. The van der Waals surface area contributed by atoms with Crippen molar-refractivity contribution in [3.8, 4) is 17.2 Å². The van der Waals surface area contributed by atoms with Gasteiger partial charge in [0.25, 0.3) is 0 Å². The molecular weight excluding hydrogens is 422 g/mol. The van der Waals surface area contributed by atoms with Crippen LogP contribution in [0, 0.1) is 17.2 Å². The predicted octanol–water partition coefficient (Wildman–Crippen LogP) is 3.98. The van der Waals surface area contributed by atoms with Crippen molar-refractivity contribution in [2.75, 3.05) is 44.2 Å². The molecule has 0 aromatic heterocycles. The van der Waals surface area contributed by atoms with Gasteiger partial charge in [-0.3, -0.25) is 9.69 Å². The minimum Gasteiger partial charge on any atom is -0.369 e. The van der Waals surface area contributed by atoms with Gasteiger partial charge in [-0.25, -0.2) is 0 Å². The number of carbonyl (C=O) groups excluding carboxylic acids is 1. The topological polar surface area (TPSA) is 85.4 Å². The van der Waals surface area contributed by atoms with Crippen LogP contribution in [0.4, 0.5) is 5.69 Å². The lowest BCUT2D eigenvalue weighted by Crippen LogP contribution is -2.53. The van der Waals surface area contributed by atoms with Crippen molar-refractivity contribution in [1.82, 2.24) is 10.2 Å². The second-order valence-electron chi connectivity index (χ2n) is 10.5.